The summed E-state index contributed by atoms with van der Waals surface area (Å²) in [5.41, 5.74) is 0. The maximum atomic E-state index is 12.8. The van der Waals surface area contributed by atoms with Crippen molar-refractivity contribution in [3.63, 3.8) is 0 Å². The van der Waals surface area contributed by atoms with E-state index in [1.165, 1.54) is 257 Å². The lowest BCUT2D eigenvalue weighted by atomic mass is 10.0. The Balaban J connectivity index is 4.01. The Kier molecular flexibility index (Phi) is 57.1. The zero-order valence-corrected chi connectivity index (χ0v) is 46.9. The number of ether oxygens (including phenoxy) is 3. The fraction of sp³-hybridized carbons (Fsp3) is 0.921. The molecule has 0 fully saturated rings. The van der Waals surface area contributed by atoms with Crippen molar-refractivity contribution in [1.29, 1.82) is 0 Å². The highest BCUT2D eigenvalue weighted by Gasteiger charge is 2.19. The van der Waals surface area contributed by atoms with E-state index in [0.29, 0.717) is 19.3 Å². The van der Waals surface area contributed by atoms with Crippen molar-refractivity contribution in [3.05, 3.63) is 12.2 Å². The van der Waals surface area contributed by atoms with Gasteiger partial charge < -0.3 is 14.2 Å². The molecule has 0 aromatic carbocycles. The van der Waals surface area contributed by atoms with Crippen molar-refractivity contribution in [2.24, 2.45) is 0 Å². The first-order valence-corrected chi connectivity index (χ1v) is 31.2. The molecular formula is C63H120O6. The minimum absolute atomic E-state index is 0.0634. The van der Waals surface area contributed by atoms with Crippen LogP contribution >= 0.6 is 0 Å². The van der Waals surface area contributed by atoms with Crippen LogP contribution in [0.3, 0.4) is 0 Å². The van der Waals surface area contributed by atoms with Crippen LogP contribution in [-0.4, -0.2) is 37.2 Å². The molecule has 0 saturated carbocycles. The van der Waals surface area contributed by atoms with Crippen molar-refractivity contribution in [1.82, 2.24) is 0 Å². The average molecular weight is 974 g/mol. The molecule has 0 amide bonds. The van der Waals surface area contributed by atoms with Crippen molar-refractivity contribution in [3.8, 4) is 0 Å². The van der Waals surface area contributed by atoms with Crippen molar-refractivity contribution < 1.29 is 28.6 Å². The van der Waals surface area contributed by atoms with E-state index in [1.54, 1.807) is 0 Å². The second-order valence-electron chi connectivity index (χ2n) is 21.3. The van der Waals surface area contributed by atoms with Crippen LogP contribution in [0.5, 0.6) is 0 Å². The molecule has 0 bridgehead atoms. The SMILES string of the molecule is CCCCCCCCCC/C=C\CCCCCCCCCCCCCCCCCCCC(=O)OCC(COC(=O)CCCCCCCCCC)OC(=O)CCCCCCCCCCCCCCCC. The highest BCUT2D eigenvalue weighted by molar-refractivity contribution is 5.71. The summed E-state index contributed by atoms with van der Waals surface area (Å²) in [6, 6.07) is 0. The maximum Gasteiger partial charge on any atom is 0.306 e. The van der Waals surface area contributed by atoms with Crippen LogP contribution in [0.4, 0.5) is 0 Å². The number of allylic oxidation sites excluding steroid dienone is 2. The molecule has 0 N–H and O–H groups in total. The lowest BCUT2D eigenvalue weighted by Gasteiger charge is -2.18. The van der Waals surface area contributed by atoms with E-state index in [4.69, 9.17) is 14.2 Å². The van der Waals surface area contributed by atoms with Gasteiger partial charge >= 0.3 is 17.9 Å². The number of unbranched alkanes of at least 4 members (excludes halogenated alkanes) is 45. The summed E-state index contributed by atoms with van der Waals surface area (Å²) < 4.78 is 16.8. The molecule has 0 aromatic rings. The quantitative estimate of drug-likeness (QED) is 0.0261. The first-order valence-electron chi connectivity index (χ1n) is 31.2. The highest BCUT2D eigenvalue weighted by atomic mass is 16.6. The lowest BCUT2D eigenvalue weighted by Crippen LogP contribution is -2.30. The predicted molar refractivity (Wildman–Crippen MR) is 298 cm³/mol. The molecule has 408 valence electrons. The standard InChI is InChI=1S/C63H120O6/c1-4-7-10-13-16-19-21-23-25-26-27-28-29-30-31-32-33-34-35-36-37-38-39-41-42-44-47-50-53-56-62(65)68-59-60(58-67-61(64)55-52-49-46-18-15-12-9-6-3)69-63(66)57-54-51-48-45-43-40-24-22-20-17-14-11-8-5-2/h26-27,60H,4-25,28-59H2,1-3H3/b27-26-. The van der Waals surface area contributed by atoms with Gasteiger partial charge in [0.1, 0.15) is 13.2 Å². The maximum absolute atomic E-state index is 12.8. The van der Waals surface area contributed by atoms with Gasteiger partial charge in [0.2, 0.25) is 0 Å². The minimum atomic E-state index is -0.762. The zero-order valence-electron chi connectivity index (χ0n) is 46.9. The van der Waals surface area contributed by atoms with E-state index < -0.39 is 6.10 Å². The van der Waals surface area contributed by atoms with Crippen LogP contribution in [0, 0.1) is 0 Å². The Morgan fingerprint density at radius 1 is 0.275 bits per heavy atom. The third-order valence-electron chi connectivity index (χ3n) is 14.3. The summed E-state index contributed by atoms with van der Waals surface area (Å²) in [5, 5.41) is 0. The third kappa shape index (κ3) is 56.9. The fourth-order valence-electron chi connectivity index (χ4n) is 9.56. The Hall–Kier alpha value is -1.85. The van der Waals surface area contributed by atoms with Gasteiger partial charge in [-0.1, -0.05) is 303 Å². The monoisotopic (exact) mass is 973 g/mol. The Bertz CT molecular complexity index is 1070. The Labute approximate surface area is 431 Å². The van der Waals surface area contributed by atoms with E-state index in [-0.39, 0.29) is 31.1 Å². The first kappa shape index (κ1) is 67.1. The molecule has 0 aromatic heterocycles. The molecule has 6 nitrogen and oxygen atoms in total. The van der Waals surface area contributed by atoms with E-state index in [2.05, 4.69) is 32.9 Å². The van der Waals surface area contributed by atoms with Gasteiger partial charge in [-0.25, -0.2) is 0 Å². The molecule has 0 aliphatic heterocycles. The van der Waals surface area contributed by atoms with Gasteiger partial charge in [0.15, 0.2) is 6.10 Å². The van der Waals surface area contributed by atoms with Crippen LogP contribution < -0.4 is 0 Å². The van der Waals surface area contributed by atoms with Crippen molar-refractivity contribution in [2.75, 3.05) is 13.2 Å². The Morgan fingerprint density at radius 2 is 0.478 bits per heavy atom. The summed E-state index contributed by atoms with van der Waals surface area (Å²) in [6.07, 6.45) is 68.2. The highest BCUT2D eigenvalue weighted by Crippen LogP contribution is 2.18. The molecule has 6 heteroatoms. The number of hydrogen-bond donors (Lipinski definition) is 0. The van der Waals surface area contributed by atoms with Gasteiger partial charge in [-0.2, -0.15) is 0 Å². The summed E-state index contributed by atoms with van der Waals surface area (Å²) in [5.74, 6) is -0.843. The summed E-state index contributed by atoms with van der Waals surface area (Å²) >= 11 is 0. The Morgan fingerprint density at radius 3 is 0.725 bits per heavy atom. The summed E-state index contributed by atoms with van der Waals surface area (Å²) in [7, 11) is 0. The summed E-state index contributed by atoms with van der Waals surface area (Å²) in [4.78, 5) is 38.0. The predicted octanol–water partition coefficient (Wildman–Crippen LogP) is 20.9. The topological polar surface area (TPSA) is 78.9 Å². The van der Waals surface area contributed by atoms with E-state index in [9.17, 15) is 14.4 Å². The summed E-state index contributed by atoms with van der Waals surface area (Å²) in [6.45, 7) is 6.67. The zero-order chi connectivity index (χ0) is 50.0. The smallest absolute Gasteiger partial charge is 0.306 e. The number of carbonyl (C=O) groups excluding carboxylic acids is 3. The first-order chi connectivity index (χ1) is 34.0. The van der Waals surface area contributed by atoms with Gasteiger partial charge in [-0.05, 0) is 44.9 Å². The second-order valence-corrected chi connectivity index (χ2v) is 21.3. The minimum Gasteiger partial charge on any atom is -0.462 e. The normalized spacial score (nSPS) is 12.0. The van der Waals surface area contributed by atoms with Crippen LogP contribution in [0.25, 0.3) is 0 Å². The second kappa shape index (κ2) is 58.7. The molecule has 0 saturated heterocycles. The number of hydrogen-bond acceptors (Lipinski definition) is 6. The molecule has 0 heterocycles. The van der Waals surface area contributed by atoms with Gasteiger partial charge in [-0.3, -0.25) is 14.4 Å². The largest absolute Gasteiger partial charge is 0.462 e. The molecule has 1 unspecified atom stereocenters. The molecule has 1 atom stereocenters. The van der Waals surface area contributed by atoms with E-state index in [1.807, 2.05) is 0 Å². The number of carbonyl (C=O) groups is 3. The molecular weight excluding hydrogens is 853 g/mol. The lowest BCUT2D eigenvalue weighted by molar-refractivity contribution is -0.167. The van der Waals surface area contributed by atoms with Crippen LogP contribution in [0.2, 0.25) is 0 Å². The molecule has 0 radical (unpaired) electrons. The molecule has 0 spiro atoms. The van der Waals surface area contributed by atoms with Crippen molar-refractivity contribution >= 4 is 17.9 Å². The average Bonchev–Trinajstić information content (AvgIpc) is 3.35. The van der Waals surface area contributed by atoms with Crippen LogP contribution in [0.15, 0.2) is 12.2 Å². The molecule has 0 aliphatic carbocycles. The van der Waals surface area contributed by atoms with Gasteiger partial charge in [0.25, 0.3) is 0 Å². The molecule has 0 rings (SSSR count). The van der Waals surface area contributed by atoms with E-state index >= 15 is 0 Å². The number of rotatable bonds is 58. The van der Waals surface area contributed by atoms with Crippen molar-refractivity contribution in [2.45, 2.75) is 361 Å². The van der Waals surface area contributed by atoms with Crippen LogP contribution in [0.1, 0.15) is 355 Å². The third-order valence-corrected chi connectivity index (χ3v) is 14.3. The van der Waals surface area contributed by atoms with Gasteiger partial charge in [0, 0.05) is 19.3 Å². The molecule has 0 aliphatic rings. The van der Waals surface area contributed by atoms with Gasteiger partial charge in [-0.15, -0.1) is 0 Å². The van der Waals surface area contributed by atoms with Gasteiger partial charge in [0.05, 0.1) is 0 Å². The number of esters is 3. The fourth-order valence-corrected chi connectivity index (χ4v) is 9.56. The molecule has 69 heavy (non-hydrogen) atoms. The van der Waals surface area contributed by atoms with E-state index in [0.717, 1.165) is 57.8 Å². The van der Waals surface area contributed by atoms with Crippen LogP contribution in [-0.2, 0) is 28.6 Å².